The third kappa shape index (κ3) is 11.4. The van der Waals surface area contributed by atoms with E-state index >= 15 is 9.59 Å². The smallest absolute Gasteiger partial charge is 0.246 e. The molecule has 0 unspecified atom stereocenters. The van der Waals surface area contributed by atoms with Crippen molar-refractivity contribution >= 4 is 23.2 Å². The van der Waals surface area contributed by atoms with Gasteiger partial charge in [0.25, 0.3) is 0 Å². The van der Waals surface area contributed by atoms with Crippen molar-refractivity contribution in [3.05, 3.63) is 155 Å². The number of fused-ring (bicyclic) bond motifs is 2. The summed E-state index contributed by atoms with van der Waals surface area (Å²) >= 11 is 0. The molecular weight excluding hydrogens is 1030 g/mol. The maximum absolute atomic E-state index is 15.8. The van der Waals surface area contributed by atoms with Crippen LogP contribution in [0.3, 0.4) is 0 Å². The molecule has 0 radical (unpaired) electrons. The predicted molar refractivity (Wildman–Crippen MR) is 316 cm³/mol. The summed E-state index contributed by atoms with van der Waals surface area (Å²) in [5.41, 5.74) is 2.18. The van der Waals surface area contributed by atoms with Crippen LogP contribution in [0.1, 0.15) is 59.1 Å². The number of rotatable bonds is 27. The number of benzene rings is 6. The van der Waals surface area contributed by atoms with Crippen LogP contribution >= 0.6 is 0 Å². The SMILES string of the molecule is C#CCOc1ccc(C2(c3ccc(OCC#C)c(OCC#C)c3)C(=O)N(CCCCCCN3C(=O)C(c4ccc(OCC#C)c(OCC#C)c4)(c4ccc(OCC#C)c(OCC#C)c4)c4ccccc43)c3ccccc32)cc1OCC#C. The van der Waals surface area contributed by atoms with Crippen LogP contribution in [0.5, 0.6) is 46.0 Å². The zero-order valence-corrected chi connectivity index (χ0v) is 45.0. The summed E-state index contributed by atoms with van der Waals surface area (Å²) < 4.78 is 47.6. The minimum absolute atomic E-state index is 0.0298. The number of ether oxygens (including phenoxy) is 8. The lowest BCUT2D eigenvalue weighted by Crippen LogP contribution is -2.43. The van der Waals surface area contributed by atoms with Crippen LogP contribution in [-0.4, -0.2) is 77.8 Å². The number of anilines is 2. The Kier molecular flexibility index (Phi) is 19.0. The first-order chi connectivity index (χ1) is 40.2. The second-order valence-electron chi connectivity index (χ2n) is 18.5. The van der Waals surface area contributed by atoms with Gasteiger partial charge in [-0.1, -0.05) is 121 Å². The number of para-hydroxylation sites is 2. The van der Waals surface area contributed by atoms with Gasteiger partial charge in [0.1, 0.15) is 63.7 Å². The highest BCUT2D eigenvalue weighted by atomic mass is 16.5. The van der Waals surface area contributed by atoms with E-state index in [4.69, 9.17) is 89.3 Å². The van der Waals surface area contributed by atoms with E-state index in [1.54, 1.807) is 48.5 Å². The summed E-state index contributed by atoms with van der Waals surface area (Å²) in [7, 11) is 0. The number of hydrogen-bond acceptors (Lipinski definition) is 10. The molecule has 2 amide bonds. The van der Waals surface area contributed by atoms with Crippen LogP contribution in [0.4, 0.5) is 11.4 Å². The van der Waals surface area contributed by atoms with E-state index in [2.05, 4.69) is 47.4 Å². The number of hydrogen-bond donors (Lipinski definition) is 0. The molecule has 0 aliphatic carbocycles. The Bertz CT molecular complexity index is 3300. The van der Waals surface area contributed by atoms with Gasteiger partial charge in [-0.3, -0.25) is 9.59 Å². The first kappa shape index (κ1) is 57.3. The molecule has 0 bridgehead atoms. The molecule has 12 heteroatoms. The van der Waals surface area contributed by atoms with Crippen molar-refractivity contribution in [2.45, 2.75) is 36.5 Å². The minimum atomic E-state index is -1.46. The molecule has 406 valence electrons. The van der Waals surface area contributed by atoms with Gasteiger partial charge in [-0.05, 0) is 95.8 Å². The fourth-order valence-corrected chi connectivity index (χ4v) is 10.5. The highest BCUT2D eigenvalue weighted by Crippen LogP contribution is 2.55. The summed E-state index contributed by atoms with van der Waals surface area (Å²) in [4.78, 5) is 35.3. The third-order valence-corrected chi connectivity index (χ3v) is 13.8. The maximum atomic E-state index is 15.8. The maximum Gasteiger partial charge on any atom is 0.246 e. The largest absolute Gasteiger partial charge is 0.477 e. The van der Waals surface area contributed by atoms with Crippen molar-refractivity contribution in [3.8, 4) is 145 Å². The fourth-order valence-electron chi connectivity index (χ4n) is 10.5. The summed E-state index contributed by atoms with van der Waals surface area (Å²) in [6.07, 6.45) is 47.5. The normalized spacial score (nSPS) is 12.9. The van der Waals surface area contributed by atoms with Crippen molar-refractivity contribution in [1.29, 1.82) is 0 Å². The molecule has 0 spiro atoms. The lowest BCUT2D eigenvalue weighted by molar-refractivity contribution is -0.121. The quantitative estimate of drug-likeness (QED) is 0.0365. The van der Waals surface area contributed by atoms with E-state index in [1.807, 2.05) is 82.6 Å². The van der Waals surface area contributed by atoms with E-state index < -0.39 is 10.8 Å². The Morgan fingerprint density at radius 1 is 0.317 bits per heavy atom. The molecule has 0 fully saturated rings. The zero-order valence-electron chi connectivity index (χ0n) is 45.0. The Morgan fingerprint density at radius 3 is 0.817 bits per heavy atom. The van der Waals surface area contributed by atoms with Crippen molar-refractivity contribution < 1.29 is 47.5 Å². The number of unbranched alkanes of at least 4 members (excludes halogenated alkanes) is 3. The molecule has 0 N–H and O–H groups in total. The van der Waals surface area contributed by atoms with Gasteiger partial charge in [0.15, 0.2) is 46.0 Å². The van der Waals surface area contributed by atoms with E-state index in [0.717, 1.165) is 0 Å². The average molecular weight is 1090 g/mol. The van der Waals surface area contributed by atoms with Gasteiger partial charge >= 0.3 is 0 Å². The molecule has 8 rings (SSSR count). The Hall–Kier alpha value is -10.9. The Balaban J connectivity index is 1.11. The third-order valence-electron chi connectivity index (χ3n) is 13.8. The van der Waals surface area contributed by atoms with Gasteiger partial charge in [-0.2, -0.15) is 0 Å². The Labute approximate surface area is 480 Å². The van der Waals surface area contributed by atoms with Crippen molar-refractivity contribution in [1.82, 2.24) is 0 Å². The molecule has 0 aromatic heterocycles. The molecule has 2 aliphatic heterocycles. The molecule has 2 heterocycles. The van der Waals surface area contributed by atoms with Crippen LogP contribution in [0.25, 0.3) is 0 Å². The van der Waals surface area contributed by atoms with E-state index in [9.17, 15) is 0 Å². The van der Waals surface area contributed by atoms with Gasteiger partial charge in [0.2, 0.25) is 11.8 Å². The summed E-state index contributed by atoms with van der Waals surface area (Å²) in [6, 6.07) is 36.5. The van der Waals surface area contributed by atoms with Gasteiger partial charge in [-0.25, -0.2) is 0 Å². The summed E-state index contributed by atoms with van der Waals surface area (Å²) in [5, 5.41) is 0. The van der Waals surface area contributed by atoms with Gasteiger partial charge in [0, 0.05) is 35.6 Å². The van der Waals surface area contributed by atoms with Gasteiger partial charge in [-0.15, -0.1) is 51.4 Å². The highest BCUT2D eigenvalue weighted by Gasteiger charge is 2.55. The molecule has 82 heavy (non-hydrogen) atoms. The number of nitrogens with zero attached hydrogens (tertiary/aromatic N) is 2. The molecular formula is C70H56N2O10. The number of terminal acetylenes is 8. The fraction of sp³-hybridized carbons (Fsp3) is 0.229. The Morgan fingerprint density at radius 2 is 0.561 bits per heavy atom. The van der Waals surface area contributed by atoms with Crippen LogP contribution in [0.2, 0.25) is 0 Å². The molecule has 6 aromatic carbocycles. The van der Waals surface area contributed by atoms with Crippen LogP contribution < -0.4 is 47.7 Å². The lowest BCUT2D eigenvalue weighted by Gasteiger charge is -2.31. The van der Waals surface area contributed by atoms with Crippen LogP contribution in [0.15, 0.2) is 121 Å². The summed E-state index contributed by atoms with van der Waals surface area (Å²) in [5.74, 6) is 22.1. The van der Waals surface area contributed by atoms with Gasteiger partial charge in [0.05, 0.1) is 0 Å². The first-order valence-electron chi connectivity index (χ1n) is 26.1. The van der Waals surface area contributed by atoms with E-state index in [1.165, 1.54) is 0 Å². The topological polar surface area (TPSA) is 114 Å². The van der Waals surface area contributed by atoms with Crippen molar-refractivity contribution in [2.24, 2.45) is 0 Å². The van der Waals surface area contributed by atoms with Gasteiger partial charge < -0.3 is 47.7 Å². The highest BCUT2D eigenvalue weighted by molar-refractivity contribution is 6.14. The van der Waals surface area contributed by atoms with E-state index in [-0.39, 0.29) is 64.7 Å². The molecule has 6 aromatic rings. The standard InChI is InChI=1S/C70H56N2O10/c1-9-39-75-59-33-29-51(47-63(59)79-43-13-5)69(52-30-34-60(76-40-10-2)64(48-52)80-44-14-6)55-25-19-21-27-57(55)71(67(69)73)37-23-17-18-24-38-72-58-28-22-20-26-56(58)70(68(72)74,53-31-35-61(77-41-11-3)65(49-53)81-45-15-7)54-32-36-62(78-42-12-4)66(50-54)82-46-16-8/h1-8,19-22,25-36,47-50H,17-18,23-24,37-46H2. The average Bonchev–Trinajstić information content (AvgIpc) is 2.80. The molecule has 0 saturated carbocycles. The minimum Gasteiger partial charge on any atom is -0.477 e. The van der Waals surface area contributed by atoms with Crippen molar-refractivity contribution in [3.63, 3.8) is 0 Å². The number of amides is 2. The molecule has 12 nitrogen and oxygen atoms in total. The molecule has 0 saturated heterocycles. The van der Waals surface area contributed by atoms with Crippen LogP contribution in [0, 0.1) is 98.8 Å². The van der Waals surface area contributed by atoms with Crippen molar-refractivity contribution in [2.75, 3.05) is 75.7 Å². The van der Waals surface area contributed by atoms with Crippen LogP contribution in [-0.2, 0) is 20.4 Å². The van der Waals surface area contributed by atoms with E-state index in [0.29, 0.717) is 130 Å². The lowest BCUT2D eigenvalue weighted by atomic mass is 9.70. The summed E-state index contributed by atoms with van der Waals surface area (Å²) in [6.45, 7) is 0.293. The number of carbonyl (C=O) groups excluding carboxylic acids is 2. The zero-order chi connectivity index (χ0) is 57.9. The predicted octanol–water partition coefficient (Wildman–Crippen LogP) is 9.41. The second-order valence-corrected chi connectivity index (χ2v) is 18.5. The molecule has 2 aliphatic rings. The number of carbonyl (C=O) groups is 2. The molecule has 0 atom stereocenters. The first-order valence-corrected chi connectivity index (χ1v) is 26.1. The second kappa shape index (κ2) is 27.1. The monoisotopic (exact) mass is 1080 g/mol.